The van der Waals surface area contributed by atoms with Crippen LogP contribution in [0, 0.1) is 11.3 Å². The first-order chi connectivity index (χ1) is 15.6. The molecule has 1 heterocycles. The van der Waals surface area contributed by atoms with Gasteiger partial charge in [-0.1, -0.05) is 36.4 Å². The summed E-state index contributed by atoms with van der Waals surface area (Å²) in [7, 11) is 0. The minimum atomic E-state index is -0.145. The number of nitrogens with two attached hydrogens (primary N) is 1. The van der Waals surface area contributed by atoms with Crippen molar-refractivity contribution < 1.29 is 9.59 Å². The summed E-state index contributed by atoms with van der Waals surface area (Å²) in [6.07, 6.45) is 2.05. The van der Waals surface area contributed by atoms with Crippen molar-refractivity contribution in [1.29, 1.82) is 5.26 Å². The molecule has 0 unspecified atom stereocenters. The smallest absolute Gasteiger partial charge is 0.251 e. The molecule has 2 amide bonds. The molecule has 0 bridgehead atoms. The number of nitrogens with zero attached hydrogens (tertiary/aromatic N) is 3. The number of nitrogens with one attached hydrogen (secondary N) is 2. The minimum Gasteiger partial charge on any atom is -0.382 e. The van der Waals surface area contributed by atoms with Crippen LogP contribution in [-0.4, -0.2) is 34.7 Å². The molecule has 8 heteroatoms. The number of nitriles is 1. The molecule has 0 spiro atoms. The lowest BCUT2D eigenvalue weighted by Crippen LogP contribution is -2.28. The fourth-order valence-electron chi connectivity index (χ4n) is 3.26. The van der Waals surface area contributed by atoms with E-state index >= 15 is 0 Å². The minimum absolute atomic E-state index is 0.0752. The zero-order valence-corrected chi connectivity index (χ0v) is 17.8. The van der Waals surface area contributed by atoms with Crippen molar-refractivity contribution in [1.82, 2.24) is 20.4 Å². The first-order valence-electron chi connectivity index (χ1n) is 10.5. The van der Waals surface area contributed by atoms with E-state index in [4.69, 9.17) is 5.73 Å². The van der Waals surface area contributed by atoms with Crippen LogP contribution in [0.3, 0.4) is 0 Å². The third kappa shape index (κ3) is 5.95. The molecule has 0 aliphatic heterocycles. The van der Waals surface area contributed by atoms with E-state index in [1.807, 2.05) is 48.5 Å². The molecule has 2 aromatic carbocycles. The summed E-state index contributed by atoms with van der Waals surface area (Å²) in [4.78, 5) is 24.0. The van der Waals surface area contributed by atoms with Gasteiger partial charge in [0.1, 0.15) is 17.5 Å². The molecule has 1 aromatic heterocycles. The van der Waals surface area contributed by atoms with E-state index in [0.29, 0.717) is 61.4 Å². The quantitative estimate of drug-likeness (QED) is 0.426. The van der Waals surface area contributed by atoms with Gasteiger partial charge in [0, 0.05) is 25.1 Å². The van der Waals surface area contributed by atoms with Gasteiger partial charge in [-0.3, -0.25) is 9.59 Å². The SMILES string of the molecule is N#Cc1c(CCCNC(=O)CCCNC(=O)c2ccccc2)nn(-c2ccccc2)c1N. The van der Waals surface area contributed by atoms with E-state index in [0.717, 1.165) is 5.69 Å². The van der Waals surface area contributed by atoms with E-state index in [-0.39, 0.29) is 11.8 Å². The lowest BCUT2D eigenvalue weighted by atomic mass is 10.1. The summed E-state index contributed by atoms with van der Waals surface area (Å²) in [6, 6.07) is 20.5. The lowest BCUT2D eigenvalue weighted by Gasteiger charge is -2.06. The Kier molecular flexibility index (Phi) is 7.98. The Hall–Kier alpha value is -4.12. The molecule has 8 nitrogen and oxygen atoms in total. The summed E-state index contributed by atoms with van der Waals surface area (Å²) >= 11 is 0. The number of aryl methyl sites for hydroxylation is 1. The molecule has 0 atom stereocenters. The van der Waals surface area contributed by atoms with Crippen LogP contribution in [0.15, 0.2) is 60.7 Å². The van der Waals surface area contributed by atoms with Crippen molar-refractivity contribution in [2.75, 3.05) is 18.8 Å². The van der Waals surface area contributed by atoms with Gasteiger partial charge in [0.15, 0.2) is 0 Å². The zero-order chi connectivity index (χ0) is 22.8. The average Bonchev–Trinajstić information content (AvgIpc) is 3.15. The number of rotatable bonds is 10. The van der Waals surface area contributed by atoms with Crippen LogP contribution in [0.1, 0.15) is 40.9 Å². The van der Waals surface area contributed by atoms with Gasteiger partial charge in [-0.2, -0.15) is 10.4 Å². The van der Waals surface area contributed by atoms with Crippen molar-refractivity contribution in [3.05, 3.63) is 77.5 Å². The summed E-state index contributed by atoms with van der Waals surface area (Å²) in [5, 5.41) is 19.6. The number of amides is 2. The molecular weight excluding hydrogens is 404 g/mol. The number of anilines is 1. The van der Waals surface area contributed by atoms with Gasteiger partial charge >= 0.3 is 0 Å². The predicted molar refractivity (Wildman–Crippen MR) is 122 cm³/mol. The second kappa shape index (κ2) is 11.3. The van der Waals surface area contributed by atoms with Crippen LogP contribution in [0.5, 0.6) is 0 Å². The number of nitrogen functional groups attached to an aromatic ring is 1. The van der Waals surface area contributed by atoms with Crippen LogP contribution in [0.4, 0.5) is 5.82 Å². The third-order valence-electron chi connectivity index (χ3n) is 4.92. The van der Waals surface area contributed by atoms with Gasteiger partial charge in [-0.15, -0.1) is 0 Å². The zero-order valence-electron chi connectivity index (χ0n) is 17.8. The topological polar surface area (TPSA) is 126 Å². The average molecular weight is 431 g/mol. The fraction of sp³-hybridized carbons (Fsp3) is 0.250. The normalized spacial score (nSPS) is 10.3. The molecule has 0 fully saturated rings. The maximum Gasteiger partial charge on any atom is 0.251 e. The number of carbonyl (C=O) groups excluding carboxylic acids is 2. The molecule has 0 aliphatic carbocycles. The van der Waals surface area contributed by atoms with E-state index in [2.05, 4.69) is 21.8 Å². The second-order valence-corrected chi connectivity index (χ2v) is 7.25. The molecular formula is C24H26N6O2. The molecule has 4 N–H and O–H groups in total. The predicted octanol–water partition coefficient (Wildman–Crippen LogP) is 2.59. The molecule has 32 heavy (non-hydrogen) atoms. The number of benzene rings is 2. The molecule has 0 radical (unpaired) electrons. The molecule has 0 aliphatic rings. The van der Waals surface area contributed by atoms with Gasteiger partial charge in [0.2, 0.25) is 5.91 Å². The van der Waals surface area contributed by atoms with Gasteiger partial charge in [-0.25, -0.2) is 4.68 Å². The maximum absolute atomic E-state index is 12.0. The van der Waals surface area contributed by atoms with Crippen molar-refractivity contribution in [3.8, 4) is 11.8 Å². The Morgan fingerprint density at radius 1 is 0.969 bits per heavy atom. The standard InChI is InChI=1S/C24H26N6O2/c25-17-20-21(29-30(23(20)26)19-11-5-2-6-12-19)13-7-15-27-22(31)14-8-16-28-24(32)18-9-3-1-4-10-18/h1-6,9-12H,7-8,13-16,26H2,(H,27,31)(H,28,32). The number of hydrogen-bond acceptors (Lipinski definition) is 5. The van der Waals surface area contributed by atoms with Gasteiger partial charge in [0.25, 0.3) is 5.91 Å². The Morgan fingerprint density at radius 3 is 2.31 bits per heavy atom. The molecule has 0 saturated heterocycles. The van der Waals surface area contributed by atoms with Gasteiger partial charge in [0.05, 0.1) is 11.4 Å². The first kappa shape index (κ1) is 22.6. The second-order valence-electron chi connectivity index (χ2n) is 7.25. The summed E-state index contributed by atoms with van der Waals surface area (Å²) in [6.45, 7) is 0.904. The van der Waals surface area contributed by atoms with Crippen molar-refractivity contribution in [2.24, 2.45) is 0 Å². The van der Waals surface area contributed by atoms with Gasteiger partial charge in [-0.05, 0) is 43.5 Å². The molecule has 3 aromatic rings. The monoisotopic (exact) mass is 430 g/mol. The number of aromatic nitrogens is 2. The van der Waals surface area contributed by atoms with E-state index in [9.17, 15) is 14.9 Å². The van der Waals surface area contributed by atoms with Crippen molar-refractivity contribution in [3.63, 3.8) is 0 Å². The summed E-state index contributed by atoms with van der Waals surface area (Å²) < 4.78 is 1.57. The highest BCUT2D eigenvalue weighted by molar-refractivity contribution is 5.94. The molecule has 0 saturated carbocycles. The van der Waals surface area contributed by atoms with E-state index < -0.39 is 0 Å². The lowest BCUT2D eigenvalue weighted by molar-refractivity contribution is -0.121. The number of para-hydroxylation sites is 1. The van der Waals surface area contributed by atoms with Crippen LogP contribution in [0.25, 0.3) is 5.69 Å². The van der Waals surface area contributed by atoms with Crippen LogP contribution in [-0.2, 0) is 11.2 Å². The Bertz CT molecular complexity index is 1090. The highest BCUT2D eigenvalue weighted by Crippen LogP contribution is 2.21. The number of carbonyl (C=O) groups is 2. The molecule has 164 valence electrons. The van der Waals surface area contributed by atoms with Crippen LogP contribution in [0.2, 0.25) is 0 Å². The molecule has 3 rings (SSSR count). The largest absolute Gasteiger partial charge is 0.382 e. The van der Waals surface area contributed by atoms with Gasteiger partial charge < -0.3 is 16.4 Å². The van der Waals surface area contributed by atoms with Crippen LogP contribution >= 0.6 is 0 Å². The van der Waals surface area contributed by atoms with Crippen molar-refractivity contribution in [2.45, 2.75) is 25.7 Å². The highest BCUT2D eigenvalue weighted by Gasteiger charge is 2.16. The Balaban J connectivity index is 1.38. The fourth-order valence-corrected chi connectivity index (χ4v) is 3.26. The van der Waals surface area contributed by atoms with E-state index in [1.165, 1.54) is 0 Å². The number of hydrogen-bond donors (Lipinski definition) is 3. The first-order valence-corrected chi connectivity index (χ1v) is 10.5. The Morgan fingerprint density at radius 2 is 1.62 bits per heavy atom. The maximum atomic E-state index is 12.0. The van der Waals surface area contributed by atoms with Crippen LogP contribution < -0.4 is 16.4 Å². The Labute approximate surface area is 187 Å². The van der Waals surface area contributed by atoms with E-state index in [1.54, 1.807) is 16.8 Å². The summed E-state index contributed by atoms with van der Waals surface area (Å²) in [5.41, 5.74) is 8.48. The highest BCUT2D eigenvalue weighted by atomic mass is 16.2. The van der Waals surface area contributed by atoms with Crippen molar-refractivity contribution >= 4 is 17.6 Å². The summed E-state index contributed by atoms with van der Waals surface area (Å²) in [5.74, 6) is 0.0950. The third-order valence-corrected chi connectivity index (χ3v) is 4.92.